The molecule has 1 aliphatic heterocycles. The molecule has 1 aliphatic rings. The summed E-state index contributed by atoms with van der Waals surface area (Å²) >= 11 is 0. The SMILES string of the molecule is COCCn1cc([C@H]2[C@@H](C(=O)OC)CC(=O)N2C(C)(C)C)cn1. The number of hydrogen-bond donors (Lipinski definition) is 0. The van der Waals surface area contributed by atoms with Gasteiger partial charge in [0.2, 0.25) is 5.91 Å². The zero-order valence-electron chi connectivity index (χ0n) is 14.4. The summed E-state index contributed by atoms with van der Waals surface area (Å²) in [7, 11) is 2.99. The molecule has 0 saturated carbocycles. The van der Waals surface area contributed by atoms with E-state index in [2.05, 4.69) is 5.10 Å². The number of aromatic nitrogens is 2. The smallest absolute Gasteiger partial charge is 0.311 e. The standard InChI is InChI=1S/C16H25N3O4/c1-16(2,3)19-13(20)8-12(15(21)23-5)14(19)11-9-17-18(10-11)6-7-22-4/h9-10,12,14H,6-8H2,1-5H3/t12-,14-/m0/s1. The molecular formula is C16H25N3O4. The number of carbonyl (C=O) groups is 2. The van der Waals surface area contributed by atoms with E-state index >= 15 is 0 Å². The van der Waals surface area contributed by atoms with E-state index in [0.29, 0.717) is 13.2 Å². The lowest BCUT2D eigenvalue weighted by molar-refractivity contribution is -0.146. The van der Waals surface area contributed by atoms with Gasteiger partial charge >= 0.3 is 5.97 Å². The summed E-state index contributed by atoms with van der Waals surface area (Å²) in [6, 6.07) is -0.355. The van der Waals surface area contributed by atoms with E-state index in [-0.39, 0.29) is 29.9 Å². The Morgan fingerprint density at radius 1 is 1.39 bits per heavy atom. The first kappa shape index (κ1) is 17.5. The Balaban J connectivity index is 2.36. The summed E-state index contributed by atoms with van der Waals surface area (Å²) in [4.78, 5) is 26.4. The number of likely N-dealkylation sites (tertiary alicyclic amines) is 1. The van der Waals surface area contributed by atoms with Crippen LogP contribution in [-0.2, 0) is 25.6 Å². The lowest BCUT2D eigenvalue weighted by Gasteiger charge is -2.37. The normalized spacial score (nSPS) is 21.8. The largest absolute Gasteiger partial charge is 0.469 e. The van der Waals surface area contributed by atoms with Crippen LogP contribution in [0.1, 0.15) is 38.8 Å². The van der Waals surface area contributed by atoms with Crippen molar-refractivity contribution in [2.75, 3.05) is 20.8 Å². The summed E-state index contributed by atoms with van der Waals surface area (Å²) in [5.41, 5.74) is 0.455. The molecule has 1 amide bonds. The van der Waals surface area contributed by atoms with Gasteiger partial charge in [0.25, 0.3) is 0 Å². The average Bonchev–Trinajstić information content (AvgIpc) is 3.07. The van der Waals surface area contributed by atoms with Gasteiger partial charge in [0.1, 0.15) is 0 Å². The quantitative estimate of drug-likeness (QED) is 0.766. The van der Waals surface area contributed by atoms with Crippen LogP contribution >= 0.6 is 0 Å². The van der Waals surface area contributed by atoms with Crippen LogP contribution in [-0.4, -0.2) is 52.9 Å². The maximum atomic E-state index is 12.5. The van der Waals surface area contributed by atoms with Gasteiger partial charge in [0.15, 0.2) is 0 Å². The molecule has 0 unspecified atom stereocenters. The molecule has 0 radical (unpaired) electrons. The Morgan fingerprint density at radius 3 is 2.65 bits per heavy atom. The van der Waals surface area contributed by atoms with Crippen molar-refractivity contribution in [1.82, 2.24) is 14.7 Å². The minimum Gasteiger partial charge on any atom is -0.469 e. The molecule has 128 valence electrons. The molecule has 7 heteroatoms. The summed E-state index contributed by atoms with van der Waals surface area (Å²) in [5, 5.41) is 4.31. The maximum Gasteiger partial charge on any atom is 0.311 e. The highest BCUT2D eigenvalue weighted by molar-refractivity contribution is 5.88. The summed E-state index contributed by atoms with van der Waals surface area (Å²) in [5.74, 6) is -0.908. The van der Waals surface area contributed by atoms with Crippen LogP contribution in [0.4, 0.5) is 0 Å². The van der Waals surface area contributed by atoms with Gasteiger partial charge in [-0.05, 0) is 20.8 Å². The fourth-order valence-electron chi connectivity index (χ4n) is 3.11. The predicted molar refractivity (Wildman–Crippen MR) is 83.6 cm³/mol. The second kappa shape index (κ2) is 6.70. The van der Waals surface area contributed by atoms with Gasteiger partial charge in [-0.1, -0.05) is 0 Å². The third kappa shape index (κ3) is 3.55. The lowest BCUT2D eigenvalue weighted by Crippen LogP contribution is -2.44. The first-order chi connectivity index (χ1) is 10.8. The number of esters is 1. The second-order valence-corrected chi connectivity index (χ2v) is 6.74. The molecule has 0 aromatic carbocycles. The third-order valence-electron chi connectivity index (χ3n) is 4.07. The van der Waals surface area contributed by atoms with Crippen LogP contribution in [0, 0.1) is 5.92 Å². The molecule has 1 aromatic rings. The first-order valence-corrected chi connectivity index (χ1v) is 7.71. The Labute approximate surface area is 136 Å². The lowest BCUT2D eigenvalue weighted by atomic mass is 9.93. The summed E-state index contributed by atoms with van der Waals surface area (Å²) in [6.07, 6.45) is 3.75. The highest BCUT2D eigenvalue weighted by Gasteiger charge is 2.49. The van der Waals surface area contributed by atoms with Crippen molar-refractivity contribution in [3.8, 4) is 0 Å². The highest BCUT2D eigenvalue weighted by Crippen LogP contribution is 2.42. The van der Waals surface area contributed by atoms with Crippen molar-refractivity contribution < 1.29 is 19.1 Å². The zero-order chi connectivity index (χ0) is 17.2. The molecule has 0 N–H and O–H groups in total. The van der Waals surface area contributed by atoms with Crippen LogP contribution < -0.4 is 0 Å². The predicted octanol–water partition coefficient (Wildman–Crippen LogP) is 1.39. The van der Waals surface area contributed by atoms with Gasteiger partial charge in [-0.15, -0.1) is 0 Å². The fourth-order valence-corrected chi connectivity index (χ4v) is 3.11. The van der Waals surface area contributed by atoms with Gasteiger partial charge in [0.05, 0.1) is 38.4 Å². The molecule has 1 aromatic heterocycles. The van der Waals surface area contributed by atoms with Gasteiger partial charge in [-0.2, -0.15) is 5.10 Å². The van der Waals surface area contributed by atoms with E-state index in [4.69, 9.17) is 9.47 Å². The highest BCUT2D eigenvalue weighted by atomic mass is 16.5. The second-order valence-electron chi connectivity index (χ2n) is 6.74. The fraction of sp³-hybridized carbons (Fsp3) is 0.688. The summed E-state index contributed by atoms with van der Waals surface area (Å²) in [6.45, 7) is 7.07. The van der Waals surface area contributed by atoms with Crippen LogP contribution in [0.25, 0.3) is 0 Å². The Bertz CT molecular complexity index is 576. The van der Waals surface area contributed by atoms with Gasteiger partial charge in [-0.25, -0.2) is 0 Å². The van der Waals surface area contributed by atoms with Crippen LogP contribution in [0.5, 0.6) is 0 Å². The molecule has 0 bridgehead atoms. The maximum absolute atomic E-state index is 12.5. The van der Waals surface area contributed by atoms with Crippen molar-refractivity contribution in [3.05, 3.63) is 18.0 Å². The van der Waals surface area contributed by atoms with E-state index in [9.17, 15) is 9.59 Å². The molecule has 1 fully saturated rings. The van der Waals surface area contributed by atoms with E-state index in [0.717, 1.165) is 5.56 Å². The minimum absolute atomic E-state index is 0.0393. The van der Waals surface area contributed by atoms with E-state index in [1.807, 2.05) is 27.0 Å². The van der Waals surface area contributed by atoms with Crippen molar-refractivity contribution >= 4 is 11.9 Å². The molecule has 2 atom stereocenters. The number of nitrogens with zero attached hydrogens (tertiary/aromatic N) is 3. The molecule has 0 aliphatic carbocycles. The van der Waals surface area contributed by atoms with Crippen molar-refractivity contribution in [2.45, 2.75) is 45.3 Å². The van der Waals surface area contributed by atoms with E-state index < -0.39 is 5.92 Å². The monoisotopic (exact) mass is 323 g/mol. The Hall–Kier alpha value is -1.89. The minimum atomic E-state index is -0.508. The number of hydrogen-bond acceptors (Lipinski definition) is 5. The molecule has 23 heavy (non-hydrogen) atoms. The number of rotatable bonds is 5. The van der Waals surface area contributed by atoms with Gasteiger partial charge in [0, 0.05) is 30.8 Å². The average molecular weight is 323 g/mol. The third-order valence-corrected chi connectivity index (χ3v) is 4.07. The van der Waals surface area contributed by atoms with Gasteiger partial charge < -0.3 is 14.4 Å². The van der Waals surface area contributed by atoms with Crippen LogP contribution in [0.3, 0.4) is 0 Å². The molecule has 2 heterocycles. The van der Waals surface area contributed by atoms with Crippen LogP contribution in [0.15, 0.2) is 12.4 Å². The number of carbonyl (C=O) groups excluding carboxylic acids is 2. The molecule has 2 rings (SSSR count). The molecule has 0 spiro atoms. The number of ether oxygens (including phenoxy) is 2. The van der Waals surface area contributed by atoms with E-state index in [1.54, 1.807) is 22.9 Å². The number of methoxy groups -OCH3 is 2. The zero-order valence-corrected chi connectivity index (χ0v) is 14.4. The molecular weight excluding hydrogens is 298 g/mol. The van der Waals surface area contributed by atoms with Crippen LogP contribution in [0.2, 0.25) is 0 Å². The Kier molecular flexibility index (Phi) is 5.09. The van der Waals surface area contributed by atoms with Gasteiger partial charge in [-0.3, -0.25) is 14.3 Å². The topological polar surface area (TPSA) is 73.7 Å². The van der Waals surface area contributed by atoms with E-state index in [1.165, 1.54) is 7.11 Å². The van der Waals surface area contributed by atoms with Crippen molar-refractivity contribution in [1.29, 1.82) is 0 Å². The number of amides is 1. The Morgan fingerprint density at radius 2 is 2.09 bits per heavy atom. The molecule has 7 nitrogen and oxygen atoms in total. The van der Waals surface area contributed by atoms with Crippen molar-refractivity contribution in [3.63, 3.8) is 0 Å². The summed E-state index contributed by atoms with van der Waals surface area (Å²) < 4.78 is 11.7. The van der Waals surface area contributed by atoms with Crippen molar-refractivity contribution in [2.24, 2.45) is 5.92 Å². The first-order valence-electron chi connectivity index (χ1n) is 7.71. The molecule has 1 saturated heterocycles.